The highest BCUT2D eigenvalue weighted by molar-refractivity contribution is 5.98. The number of rotatable bonds is 2. The summed E-state index contributed by atoms with van der Waals surface area (Å²) >= 11 is 0. The van der Waals surface area contributed by atoms with Gasteiger partial charge in [0.2, 0.25) is 0 Å². The number of carbonyl (C=O) groups is 2. The number of benzene rings is 2. The standard InChI is InChI=1S/C25H27NO3/c27-24(26-14-6-10-17-7-4-5-11-22(17)26)19-12-13-21-20(15-19)16-23(29-25(21)28)18-8-2-1-3-9-18/h1-3,8-9,12-13,15,17,22-23H,4-7,10-11,14,16H2/t17-,22-,23-/m0/s1. The molecule has 2 fully saturated rings. The maximum Gasteiger partial charge on any atom is 0.339 e. The molecule has 0 unspecified atom stereocenters. The van der Waals surface area contributed by atoms with E-state index in [1.807, 2.05) is 36.4 Å². The summed E-state index contributed by atoms with van der Waals surface area (Å²) in [5.41, 5.74) is 3.20. The quantitative estimate of drug-likeness (QED) is 0.684. The molecule has 2 heterocycles. The highest BCUT2D eigenvalue weighted by atomic mass is 16.5. The molecule has 0 N–H and O–H groups in total. The van der Waals surface area contributed by atoms with Crippen LogP contribution in [0.25, 0.3) is 0 Å². The van der Waals surface area contributed by atoms with Crippen LogP contribution in [-0.4, -0.2) is 29.4 Å². The third-order valence-electron chi connectivity index (χ3n) is 6.90. The van der Waals surface area contributed by atoms with E-state index in [0.29, 0.717) is 29.5 Å². The SMILES string of the molecule is O=C1O[C@H](c2ccccc2)Cc2cc(C(=O)N3CCC[C@@H]4CCCC[C@@H]43)ccc21. The van der Waals surface area contributed by atoms with Crippen molar-refractivity contribution in [1.29, 1.82) is 0 Å². The van der Waals surface area contributed by atoms with Crippen molar-refractivity contribution in [1.82, 2.24) is 4.90 Å². The zero-order valence-corrected chi connectivity index (χ0v) is 16.7. The molecule has 1 saturated heterocycles. The number of hydrogen-bond donors (Lipinski definition) is 0. The van der Waals surface area contributed by atoms with Crippen molar-refractivity contribution in [3.05, 3.63) is 70.8 Å². The zero-order chi connectivity index (χ0) is 19.8. The molecule has 0 aromatic heterocycles. The van der Waals surface area contributed by atoms with E-state index in [2.05, 4.69) is 4.90 Å². The highest BCUT2D eigenvalue weighted by Gasteiger charge is 2.36. The van der Waals surface area contributed by atoms with Crippen molar-refractivity contribution in [2.24, 2.45) is 5.92 Å². The number of likely N-dealkylation sites (tertiary alicyclic amines) is 1. The Hall–Kier alpha value is -2.62. The summed E-state index contributed by atoms with van der Waals surface area (Å²) in [5.74, 6) is 0.487. The summed E-state index contributed by atoms with van der Waals surface area (Å²) in [6.07, 6.45) is 7.57. The van der Waals surface area contributed by atoms with Gasteiger partial charge in [0, 0.05) is 24.6 Å². The van der Waals surface area contributed by atoms with E-state index >= 15 is 0 Å². The molecule has 3 atom stereocenters. The van der Waals surface area contributed by atoms with Crippen molar-refractivity contribution >= 4 is 11.9 Å². The van der Waals surface area contributed by atoms with Crippen molar-refractivity contribution in [3.63, 3.8) is 0 Å². The van der Waals surface area contributed by atoms with E-state index in [1.54, 1.807) is 12.1 Å². The summed E-state index contributed by atoms with van der Waals surface area (Å²) in [6.45, 7) is 0.853. The van der Waals surface area contributed by atoms with Crippen molar-refractivity contribution in [2.45, 2.75) is 57.1 Å². The lowest BCUT2D eigenvalue weighted by molar-refractivity contribution is 0.0250. The molecular weight excluding hydrogens is 362 g/mol. The predicted octanol–water partition coefficient (Wildman–Crippen LogP) is 4.94. The van der Waals surface area contributed by atoms with E-state index in [4.69, 9.17) is 4.74 Å². The summed E-state index contributed by atoms with van der Waals surface area (Å²) in [7, 11) is 0. The van der Waals surface area contributed by atoms with Gasteiger partial charge >= 0.3 is 5.97 Å². The number of amides is 1. The smallest absolute Gasteiger partial charge is 0.339 e. The maximum atomic E-state index is 13.4. The Morgan fingerprint density at radius 2 is 1.76 bits per heavy atom. The number of carbonyl (C=O) groups excluding carboxylic acids is 2. The van der Waals surface area contributed by atoms with Crippen molar-refractivity contribution in [3.8, 4) is 0 Å². The normalized spacial score (nSPS) is 26.3. The second kappa shape index (κ2) is 7.66. The lowest BCUT2D eigenvalue weighted by Gasteiger charge is -2.44. The maximum absolute atomic E-state index is 13.4. The molecule has 3 aliphatic rings. The average molecular weight is 389 g/mol. The fraction of sp³-hybridized carbons (Fsp3) is 0.440. The molecule has 150 valence electrons. The van der Waals surface area contributed by atoms with Gasteiger partial charge < -0.3 is 9.64 Å². The minimum absolute atomic E-state index is 0.125. The zero-order valence-electron chi connectivity index (χ0n) is 16.7. The topological polar surface area (TPSA) is 46.6 Å². The van der Waals surface area contributed by atoms with Crippen LogP contribution in [0, 0.1) is 5.92 Å². The first-order chi connectivity index (χ1) is 14.2. The molecular formula is C25H27NO3. The van der Waals surface area contributed by atoms with Crippen LogP contribution in [-0.2, 0) is 11.2 Å². The van der Waals surface area contributed by atoms with Gasteiger partial charge in [0.1, 0.15) is 6.10 Å². The number of cyclic esters (lactones) is 1. The van der Waals surface area contributed by atoms with E-state index in [0.717, 1.165) is 30.5 Å². The molecule has 1 saturated carbocycles. The molecule has 1 aliphatic carbocycles. The van der Waals surface area contributed by atoms with Crippen LogP contribution in [0.5, 0.6) is 0 Å². The first-order valence-electron chi connectivity index (χ1n) is 10.9. The number of piperidine rings is 1. The first kappa shape index (κ1) is 18.4. The van der Waals surface area contributed by atoms with E-state index < -0.39 is 0 Å². The van der Waals surface area contributed by atoms with Gasteiger partial charge in [0.25, 0.3) is 5.91 Å². The Bertz CT molecular complexity index is 921. The first-order valence-corrected chi connectivity index (χ1v) is 10.9. The second-order valence-corrected chi connectivity index (χ2v) is 8.63. The summed E-state index contributed by atoms with van der Waals surface area (Å²) in [6, 6.07) is 15.7. The molecule has 0 radical (unpaired) electrons. The molecule has 4 nitrogen and oxygen atoms in total. The van der Waals surface area contributed by atoms with Crippen LogP contribution in [0.3, 0.4) is 0 Å². The fourth-order valence-electron chi connectivity index (χ4n) is 5.43. The second-order valence-electron chi connectivity index (χ2n) is 8.63. The van der Waals surface area contributed by atoms with E-state index in [1.165, 1.54) is 25.7 Å². The van der Waals surface area contributed by atoms with Crippen LogP contribution < -0.4 is 0 Å². The van der Waals surface area contributed by atoms with Gasteiger partial charge in [-0.3, -0.25) is 4.79 Å². The van der Waals surface area contributed by atoms with Crippen LogP contribution in [0.15, 0.2) is 48.5 Å². The Kier molecular flexibility index (Phi) is 4.86. The summed E-state index contributed by atoms with van der Waals surface area (Å²) in [5, 5.41) is 0. The molecule has 1 amide bonds. The van der Waals surface area contributed by atoms with Gasteiger partial charge in [-0.05, 0) is 60.9 Å². The average Bonchev–Trinajstić information content (AvgIpc) is 2.78. The van der Waals surface area contributed by atoms with Crippen LogP contribution in [0.4, 0.5) is 0 Å². The Morgan fingerprint density at radius 1 is 0.966 bits per heavy atom. The van der Waals surface area contributed by atoms with Gasteiger partial charge in [-0.15, -0.1) is 0 Å². The Labute approximate surface area is 171 Å². The number of ether oxygens (including phenoxy) is 1. The lowest BCUT2D eigenvalue weighted by atomic mass is 9.78. The van der Waals surface area contributed by atoms with Crippen molar-refractivity contribution in [2.75, 3.05) is 6.54 Å². The molecule has 5 rings (SSSR count). The van der Waals surface area contributed by atoms with Gasteiger partial charge in [-0.2, -0.15) is 0 Å². The molecule has 0 bridgehead atoms. The lowest BCUT2D eigenvalue weighted by Crippen LogP contribution is -2.49. The van der Waals surface area contributed by atoms with Crippen molar-refractivity contribution < 1.29 is 14.3 Å². The molecule has 0 spiro atoms. The van der Waals surface area contributed by atoms with E-state index in [9.17, 15) is 9.59 Å². The molecule has 4 heteroatoms. The minimum atomic E-state index is -0.301. The number of esters is 1. The monoisotopic (exact) mass is 389 g/mol. The van der Waals surface area contributed by atoms with Gasteiger partial charge in [-0.25, -0.2) is 4.79 Å². The summed E-state index contributed by atoms with van der Waals surface area (Å²) < 4.78 is 5.65. The molecule has 2 aliphatic heterocycles. The largest absolute Gasteiger partial charge is 0.454 e. The minimum Gasteiger partial charge on any atom is -0.454 e. The molecule has 2 aromatic rings. The van der Waals surface area contributed by atoms with Gasteiger partial charge in [0.15, 0.2) is 0 Å². The number of hydrogen-bond acceptors (Lipinski definition) is 3. The van der Waals surface area contributed by atoms with Gasteiger partial charge in [0.05, 0.1) is 5.56 Å². The molecule has 29 heavy (non-hydrogen) atoms. The number of fused-ring (bicyclic) bond motifs is 2. The summed E-state index contributed by atoms with van der Waals surface area (Å²) in [4.78, 5) is 28.0. The Morgan fingerprint density at radius 3 is 2.62 bits per heavy atom. The molecule has 2 aromatic carbocycles. The fourth-order valence-corrected chi connectivity index (χ4v) is 5.43. The third-order valence-corrected chi connectivity index (χ3v) is 6.90. The van der Waals surface area contributed by atoms with Gasteiger partial charge in [-0.1, -0.05) is 43.2 Å². The Balaban J connectivity index is 1.41. The number of nitrogens with zero attached hydrogens (tertiary/aromatic N) is 1. The van der Waals surface area contributed by atoms with Crippen LogP contribution >= 0.6 is 0 Å². The third kappa shape index (κ3) is 3.45. The van der Waals surface area contributed by atoms with Crippen LogP contribution in [0.2, 0.25) is 0 Å². The predicted molar refractivity (Wildman–Crippen MR) is 111 cm³/mol. The van der Waals surface area contributed by atoms with Crippen LogP contribution in [0.1, 0.15) is 76.5 Å². The van der Waals surface area contributed by atoms with E-state index in [-0.39, 0.29) is 18.0 Å². The highest BCUT2D eigenvalue weighted by Crippen LogP contribution is 2.36.